The molecule has 0 aliphatic rings. The molecule has 0 aromatic rings. The maximum atomic E-state index is 9.60. The Hall–Kier alpha value is 0.0131. The van der Waals surface area contributed by atoms with Gasteiger partial charge in [-0.2, -0.15) is 0 Å². The summed E-state index contributed by atoms with van der Waals surface area (Å²) in [4.78, 5) is 9.60. The van der Waals surface area contributed by atoms with E-state index in [1.165, 1.54) is 6.08 Å². The SMILES string of the molecule is CC(C)(C)C(=[OH+])/C=C(\O)C(C)(C)C.CC(O)CC(C)(C)O.[Zr]. The Morgan fingerprint density at radius 2 is 1.36 bits per heavy atom. The molecule has 0 aromatic heterocycles. The summed E-state index contributed by atoms with van der Waals surface area (Å²) in [5, 5.41) is 27.4. The van der Waals surface area contributed by atoms with Crippen molar-refractivity contribution in [1.29, 1.82) is 0 Å². The van der Waals surface area contributed by atoms with E-state index in [-0.39, 0.29) is 48.6 Å². The minimum absolute atomic E-state index is 0. The fourth-order valence-electron chi connectivity index (χ4n) is 1.29. The Bertz CT molecular complexity index is 352. The number of hydrogen-bond donors (Lipinski definition) is 3. The molecule has 5 heteroatoms. The number of carbonyl (C=O) groups excluding carboxylic acids is 1. The Morgan fingerprint density at radius 3 is 1.50 bits per heavy atom. The van der Waals surface area contributed by atoms with Crippen LogP contribution < -0.4 is 0 Å². The second kappa shape index (κ2) is 10.00. The summed E-state index contributed by atoms with van der Waals surface area (Å²) in [7, 11) is 0. The standard InChI is InChI=1S/C11H20O2.C6H14O2.Zr/c1-10(2,3)8(12)7-9(13)11(4,5)6;1-5(7)4-6(2,3)8;/h7,12H,1-6H3;5,7-8H,4H2,1-3H3;/p+1/b8-7-;;. The van der Waals surface area contributed by atoms with Crippen LogP contribution in [-0.4, -0.2) is 37.6 Å². The van der Waals surface area contributed by atoms with Gasteiger partial charge in [-0.1, -0.05) is 20.8 Å². The van der Waals surface area contributed by atoms with Gasteiger partial charge in [0.25, 0.3) is 0 Å². The van der Waals surface area contributed by atoms with Gasteiger partial charge in [0.15, 0.2) is 0 Å². The summed E-state index contributed by atoms with van der Waals surface area (Å²) in [6.45, 7) is 16.4. The van der Waals surface area contributed by atoms with Crippen molar-refractivity contribution in [2.45, 2.75) is 80.4 Å². The minimum Gasteiger partial charge on any atom is -0.511 e. The molecule has 0 radical (unpaired) electrons. The molecule has 0 aliphatic carbocycles. The van der Waals surface area contributed by atoms with Gasteiger partial charge in [-0.15, -0.1) is 0 Å². The maximum absolute atomic E-state index is 9.60. The largest absolute Gasteiger partial charge is 0.511 e. The van der Waals surface area contributed by atoms with E-state index < -0.39 is 11.7 Å². The fraction of sp³-hybridized carbons (Fsp3) is 0.824. The molecule has 0 spiro atoms. The first-order valence-electron chi connectivity index (χ1n) is 7.35. The van der Waals surface area contributed by atoms with Crippen molar-refractivity contribution >= 4 is 5.78 Å². The maximum Gasteiger partial charge on any atom is 0.325 e. The molecule has 4 N–H and O–H groups in total. The van der Waals surface area contributed by atoms with Gasteiger partial charge >= 0.3 is 5.78 Å². The van der Waals surface area contributed by atoms with Gasteiger partial charge in [-0.25, -0.2) is 0 Å². The molecule has 22 heavy (non-hydrogen) atoms. The first-order valence-corrected chi connectivity index (χ1v) is 7.35. The number of allylic oxidation sites excluding steroid dienone is 2. The fourth-order valence-corrected chi connectivity index (χ4v) is 1.29. The van der Waals surface area contributed by atoms with Crippen LogP contribution in [0.4, 0.5) is 0 Å². The third kappa shape index (κ3) is 16.4. The third-order valence-electron chi connectivity index (χ3n) is 2.61. The molecule has 0 saturated heterocycles. The van der Waals surface area contributed by atoms with Gasteiger partial charge in [0.05, 0.1) is 23.2 Å². The molecule has 0 bridgehead atoms. The van der Waals surface area contributed by atoms with E-state index in [0.717, 1.165) is 0 Å². The second-order valence-electron chi connectivity index (χ2n) is 8.28. The molecule has 0 heterocycles. The smallest absolute Gasteiger partial charge is 0.325 e. The van der Waals surface area contributed by atoms with Crippen molar-refractivity contribution in [2.24, 2.45) is 10.8 Å². The van der Waals surface area contributed by atoms with Crippen LogP contribution in [0.5, 0.6) is 0 Å². The number of aliphatic hydroxyl groups is 3. The van der Waals surface area contributed by atoms with Crippen molar-refractivity contribution in [3.05, 3.63) is 11.8 Å². The Balaban J connectivity index is -0.000000348. The van der Waals surface area contributed by atoms with Gasteiger partial charge in [0.1, 0.15) is 5.76 Å². The van der Waals surface area contributed by atoms with Crippen LogP contribution in [0, 0.1) is 10.8 Å². The topological polar surface area (TPSA) is 82.1 Å². The van der Waals surface area contributed by atoms with Crippen molar-refractivity contribution in [3.63, 3.8) is 0 Å². The zero-order chi connectivity index (χ0) is 17.6. The quantitative estimate of drug-likeness (QED) is 0.389. The van der Waals surface area contributed by atoms with Crippen LogP contribution in [0.1, 0.15) is 68.7 Å². The normalized spacial score (nSPS) is 14.4. The molecule has 0 rings (SSSR count). The van der Waals surface area contributed by atoms with Crippen LogP contribution in [0.15, 0.2) is 11.8 Å². The Kier molecular flexibility index (Phi) is 12.2. The minimum atomic E-state index is -0.728. The zero-order valence-corrected chi connectivity index (χ0v) is 18.1. The molecular weight excluding hydrogens is 359 g/mol. The predicted octanol–water partition coefficient (Wildman–Crippen LogP) is 3.59. The van der Waals surface area contributed by atoms with Crippen LogP contribution in [-0.2, 0) is 26.2 Å². The van der Waals surface area contributed by atoms with Crippen LogP contribution >= 0.6 is 0 Å². The summed E-state index contributed by atoms with van der Waals surface area (Å²) in [6, 6.07) is 0. The first kappa shape index (κ1) is 26.9. The van der Waals surface area contributed by atoms with E-state index in [1.807, 2.05) is 41.5 Å². The number of hydrogen-bond acceptors (Lipinski definition) is 3. The summed E-state index contributed by atoms with van der Waals surface area (Å²) >= 11 is 0. The molecule has 1 atom stereocenters. The molecule has 0 aromatic carbocycles. The van der Waals surface area contributed by atoms with E-state index in [9.17, 15) is 9.90 Å². The van der Waals surface area contributed by atoms with Crippen LogP contribution in [0.25, 0.3) is 0 Å². The summed E-state index contributed by atoms with van der Waals surface area (Å²) in [5.41, 5.74) is -1.34. The average Bonchev–Trinajstić information content (AvgIpc) is 2.10. The molecule has 0 saturated carbocycles. The Morgan fingerprint density at radius 1 is 1.00 bits per heavy atom. The van der Waals surface area contributed by atoms with E-state index in [4.69, 9.17) is 10.2 Å². The number of rotatable bonds is 3. The van der Waals surface area contributed by atoms with Gasteiger partial charge < -0.3 is 15.3 Å². The molecule has 0 amide bonds. The van der Waals surface area contributed by atoms with Gasteiger partial charge in [-0.05, 0) is 41.5 Å². The predicted molar refractivity (Wildman–Crippen MR) is 89.2 cm³/mol. The second-order valence-corrected chi connectivity index (χ2v) is 8.28. The number of aliphatic hydroxyl groups excluding tert-OH is 2. The van der Waals surface area contributed by atoms with Gasteiger partial charge in [0, 0.05) is 38.0 Å². The molecule has 0 aliphatic heterocycles. The van der Waals surface area contributed by atoms with E-state index in [1.54, 1.807) is 20.8 Å². The van der Waals surface area contributed by atoms with Gasteiger partial charge in [-0.3, -0.25) is 4.79 Å². The van der Waals surface area contributed by atoms with E-state index in [0.29, 0.717) is 6.42 Å². The van der Waals surface area contributed by atoms with Crippen molar-refractivity contribution in [2.75, 3.05) is 0 Å². The average molecular weight is 395 g/mol. The number of ketones is 1. The third-order valence-corrected chi connectivity index (χ3v) is 2.61. The molecule has 1 unspecified atom stereocenters. The first-order chi connectivity index (χ1) is 8.97. The molecule has 4 nitrogen and oxygen atoms in total. The summed E-state index contributed by atoms with van der Waals surface area (Å²) < 4.78 is 0. The van der Waals surface area contributed by atoms with Crippen LogP contribution in [0.2, 0.25) is 0 Å². The zero-order valence-electron chi connectivity index (χ0n) is 15.7. The van der Waals surface area contributed by atoms with Crippen molar-refractivity contribution < 1.29 is 46.3 Å². The molecular formula is C17H35O4Zr+. The Labute approximate surface area is 155 Å². The summed E-state index contributed by atoms with van der Waals surface area (Å²) in [5.74, 6) is 0.417. The monoisotopic (exact) mass is 393 g/mol. The van der Waals surface area contributed by atoms with Crippen molar-refractivity contribution in [3.8, 4) is 0 Å². The molecule has 0 fully saturated rings. The molecule has 130 valence electrons. The van der Waals surface area contributed by atoms with E-state index >= 15 is 0 Å². The van der Waals surface area contributed by atoms with Crippen molar-refractivity contribution in [1.82, 2.24) is 0 Å². The van der Waals surface area contributed by atoms with Gasteiger partial charge in [0.2, 0.25) is 0 Å². The van der Waals surface area contributed by atoms with Crippen LogP contribution in [0.3, 0.4) is 0 Å². The summed E-state index contributed by atoms with van der Waals surface area (Å²) in [6.07, 6.45) is 1.47. The van der Waals surface area contributed by atoms with E-state index in [2.05, 4.69) is 0 Å².